The highest BCUT2D eigenvalue weighted by Crippen LogP contribution is 2.28. The minimum absolute atomic E-state index is 0.0209. The van der Waals surface area contributed by atoms with Crippen molar-refractivity contribution in [2.75, 3.05) is 26.1 Å². The zero-order valence-electron chi connectivity index (χ0n) is 15.5. The van der Waals surface area contributed by atoms with Crippen molar-refractivity contribution in [1.29, 1.82) is 0 Å². The highest BCUT2D eigenvalue weighted by molar-refractivity contribution is 6.27. The molecule has 144 valence electrons. The highest BCUT2D eigenvalue weighted by atomic mass is 35.5. The molecular weight excluding hydrogens is 348 g/mol. The Morgan fingerprint density at radius 1 is 1.16 bits per heavy atom. The molecule has 1 N–H and O–H groups in total. The van der Waals surface area contributed by atoms with Gasteiger partial charge in [0, 0.05) is 19.1 Å². The molecule has 0 bridgehead atoms. The minimum Gasteiger partial charge on any atom is -0.469 e. The number of carbonyl (C=O) groups excluding carboxylic acids is 3. The van der Waals surface area contributed by atoms with Crippen LogP contribution in [0.5, 0.6) is 0 Å². The topological polar surface area (TPSA) is 84.9 Å². The highest BCUT2D eigenvalue weighted by Gasteiger charge is 2.31. The van der Waals surface area contributed by atoms with Crippen molar-refractivity contribution in [3.05, 3.63) is 0 Å². The van der Waals surface area contributed by atoms with E-state index in [1.807, 2.05) is 0 Å². The van der Waals surface area contributed by atoms with E-state index in [9.17, 15) is 14.4 Å². The zero-order valence-corrected chi connectivity index (χ0v) is 16.2. The van der Waals surface area contributed by atoms with E-state index < -0.39 is 11.7 Å². The molecule has 0 heterocycles. The standard InChI is InChI=1S/C17H29ClN2O5/c1-17(2,3)25-16(23)19-9-10-20(14(21)11-18)13-7-5-12(6-8-13)15(22)24-4/h12-13H,5-11H2,1-4H3,(H,19,23). The maximum Gasteiger partial charge on any atom is 0.407 e. The molecule has 1 fully saturated rings. The molecule has 0 aliphatic heterocycles. The number of hydrogen-bond acceptors (Lipinski definition) is 5. The van der Waals surface area contributed by atoms with Gasteiger partial charge >= 0.3 is 12.1 Å². The molecule has 1 aliphatic carbocycles. The average Bonchev–Trinajstić information content (AvgIpc) is 2.56. The maximum atomic E-state index is 12.1. The van der Waals surface area contributed by atoms with Gasteiger partial charge in [-0.1, -0.05) is 0 Å². The Balaban J connectivity index is 2.52. The lowest BCUT2D eigenvalue weighted by atomic mass is 9.85. The fraction of sp³-hybridized carbons (Fsp3) is 0.824. The van der Waals surface area contributed by atoms with Crippen LogP contribution in [0.4, 0.5) is 4.79 Å². The van der Waals surface area contributed by atoms with Crippen LogP contribution >= 0.6 is 11.6 Å². The van der Waals surface area contributed by atoms with Gasteiger partial charge in [-0.3, -0.25) is 9.59 Å². The Labute approximate surface area is 154 Å². The van der Waals surface area contributed by atoms with Gasteiger partial charge in [0.1, 0.15) is 11.5 Å². The van der Waals surface area contributed by atoms with Crippen molar-refractivity contribution >= 4 is 29.6 Å². The number of methoxy groups -OCH3 is 1. The Hall–Kier alpha value is -1.50. The summed E-state index contributed by atoms with van der Waals surface area (Å²) in [7, 11) is 1.39. The Kier molecular flexibility index (Phi) is 8.48. The van der Waals surface area contributed by atoms with E-state index in [0.29, 0.717) is 19.4 Å². The van der Waals surface area contributed by atoms with Crippen LogP contribution in [-0.2, 0) is 19.1 Å². The molecule has 0 aromatic rings. The normalized spacial score (nSPS) is 20.5. The van der Waals surface area contributed by atoms with E-state index in [0.717, 1.165) is 12.8 Å². The largest absolute Gasteiger partial charge is 0.469 e. The van der Waals surface area contributed by atoms with E-state index in [1.54, 1.807) is 25.7 Å². The maximum absolute atomic E-state index is 12.1. The van der Waals surface area contributed by atoms with Gasteiger partial charge < -0.3 is 19.7 Å². The predicted molar refractivity (Wildman–Crippen MR) is 94.4 cm³/mol. The van der Waals surface area contributed by atoms with Crippen LogP contribution in [0, 0.1) is 5.92 Å². The van der Waals surface area contributed by atoms with Crippen molar-refractivity contribution in [3.63, 3.8) is 0 Å². The molecule has 25 heavy (non-hydrogen) atoms. The molecule has 0 atom stereocenters. The summed E-state index contributed by atoms with van der Waals surface area (Å²) < 4.78 is 9.96. The molecule has 1 rings (SSSR count). The van der Waals surface area contributed by atoms with Crippen LogP contribution in [0.15, 0.2) is 0 Å². The Bertz CT molecular complexity index is 470. The Morgan fingerprint density at radius 3 is 2.24 bits per heavy atom. The third kappa shape index (κ3) is 7.50. The van der Waals surface area contributed by atoms with Gasteiger partial charge in [0.2, 0.25) is 5.91 Å². The van der Waals surface area contributed by atoms with Crippen molar-refractivity contribution in [1.82, 2.24) is 10.2 Å². The molecule has 2 amide bonds. The first-order valence-corrected chi connectivity index (χ1v) is 9.11. The first-order chi connectivity index (χ1) is 11.7. The molecule has 0 spiro atoms. The fourth-order valence-corrected chi connectivity index (χ4v) is 3.12. The van der Waals surface area contributed by atoms with Gasteiger partial charge in [-0.05, 0) is 46.5 Å². The molecule has 0 aromatic carbocycles. The number of alkyl halides is 1. The van der Waals surface area contributed by atoms with Gasteiger partial charge in [-0.15, -0.1) is 11.6 Å². The van der Waals surface area contributed by atoms with E-state index in [-0.39, 0.29) is 36.3 Å². The number of carbonyl (C=O) groups is 3. The van der Waals surface area contributed by atoms with E-state index in [4.69, 9.17) is 21.1 Å². The van der Waals surface area contributed by atoms with Crippen molar-refractivity contribution in [2.24, 2.45) is 5.92 Å². The second-order valence-corrected chi connectivity index (χ2v) is 7.45. The SMILES string of the molecule is COC(=O)C1CCC(N(CCNC(=O)OC(C)(C)C)C(=O)CCl)CC1. The smallest absolute Gasteiger partial charge is 0.407 e. The van der Waals surface area contributed by atoms with E-state index >= 15 is 0 Å². The van der Waals surface area contributed by atoms with Crippen molar-refractivity contribution < 1.29 is 23.9 Å². The lowest BCUT2D eigenvalue weighted by Crippen LogP contribution is -2.47. The predicted octanol–water partition coefficient (Wildman–Crippen LogP) is 2.31. The molecule has 0 radical (unpaired) electrons. The molecule has 7 nitrogen and oxygen atoms in total. The fourth-order valence-electron chi connectivity index (χ4n) is 2.97. The van der Waals surface area contributed by atoms with Crippen molar-refractivity contribution in [2.45, 2.75) is 58.1 Å². The van der Waals surface area contributed by atoms with Crippen LogP contribution in [-0.4, -0.2) is 60.6 Å². The average molecular weight is 377 g/mol. The summed E-state index contributed by atoms with van der Waals surface area (Å²) in [5.41, 5.74) is -0.567. The number of alkyl carbamates (subject to hydrolysis) is 1. The van der Waals surface area contributed by atoms with Gasteiger partial charge in [-0.25, -0.2) is 4.79 Å². The summed E-state index contributed by atoms with van der Waals surface area (Å²) in [6, 6.07) is 0.0209. The molecule has 0 unspecified atom stereocenters. The first-order valence-electron chi connectivity index (χ1n) is 8.58. The number of hydrogen-bond donors (Lipinski definition) is 1. The van der Waals surface area contributed by atoms with Crippen LogP contribution < -0.4 is 5.32 Å². The number of nitrogens with zero attached hydrogens (tertiary/aromatic N) is 1. The van der Waals surface area contributed by atoms with Crippen LogP contribution in [0.2, 0.25) is 0 Å². The molecular formula is C17H29ClN2O5. The molecule has 8 heteroatoms. The van der Waals surface area contributed by atoms with Gasteiger partial charge in [0.25, 0.3) is 0 Å². The Morgan fingerprint density at radius 2 is 1.76 bits per heavy atom. The third-order valence-corrected chi connectivity index (χ3v) is 4.36. The number of esters is 1. The summed E-state index contributed by atoms with van der Waals surface area (Å²) in [4.78, 5) is 37.1. The summed E-state index contributed by atoms with van der Waals surface area (Å²) in [5.74, 6) is -0.577. The van der Waals surface area contributed by atoms with Gasteiger partial charge in [0.15, 0.2) is 0 Å². The lowest BCUT2D eigenvalue weighted by molar-refractivity contribution is -0.147. The number of nitrogens with one attached hydrogen (secondary N) is 1. The summed E-state index contributed by atoms with van der Waals surface area (Å²) >= 11 is 5.72. The second-order valence-electron chi connectivity index (χ2n) is 7.18. The number of amides is 2. The monoisotopic (exact) mass is 376 g/mol. The van der Waals surface area contributed by atoms with Crippen LogP contribution in [0.25, 0.3) is 0 Å². The summed E-state index contributed by atoms with van der Waals surface area (Å²) in [6.45, 7) is 6.01. The summed E-state index contributed by atoms with van der Waals surface area (Å²) in [6.07, 6.45) is 2.29. The molecule has 1 saturated carbocycles. The van der Waals surface area contributed by atoms with E-state index in [1.165, 1.54) is 7.11 Å². The van der Waals surface area contributed by atoms with Crippen molar-refractivity contribution in [3.8, 4) is 0 Å². The number of rotatable bonds is 6. The lowest BCUT2D eigenvalue weighted by Gasteiger charge is -2.36. The molecule has 0 saturated heterocycles. The zero-order chi connectivity index (χ0) is 19.0. The number of ether oxygens (including phenoxy) is 2. The molecule has 0 aromatic heterocycles. The van der Waals surface area contributed by atoms with Crippen LogP contribution in [0.3, 0.4) is 0 Å². The molecule has 1 aliphatic rings. The van der Waals surface area contributed by atoms with Crippen LogP contribution in [0.1, 0.15) is 46.5 Å². The van der Waals surface area contributed by atoms with Gasteiger partial charge in [-0.2, -0.15) is 0 Å². The quantitative estimate of drug-likeness (QED) is 0.568. The second kappa shape index (κ2) is 9.85. The summed E-state index contributed by atoms with van der Waals surface area (Å²) in [5, 5.41) is 2.65. The minimum atomic E-state index is -0.567. The first kappa shape index (κ1) is 21.5. The number of halogens is 1. The van der Waals surface area contributed by atoms with E-state index in [2.05, 4.69) is 5.32 Å². The van der Waals surface area contributed by atoms with Gasteiger partial charge in [0.05, 0.1) is 13.0 Å². The third-order valence-electron chi connectivity index (χ3n) is 4.13.